The van der Waals surface area contributed by atoms with Crippen molar-refractivity contribution in [3.8, 4) is 0 Å². The highest BCUT2D eigenvalue weighted by atomic mass is 16.1. The van der Waals surface area contributed by atoms with E-state index < -0.39 is 0 Å². The maximum absolute atomic E-state index is 10.7. The largest absolute Gasteiger partial charge is 0.387 e. The fraction of sp³-hybridized carbons (Fsp3) is 0.286. The molecule has 1 aliphatic rings. The van der Waals surface area contributed by atoms with Crippen LogP contribution in [0.2, 0.25) is 0 Å². The number of hydrogen-bond acceptors (Lipinski definition) is 2. The molecular weight excluding hydrogens is 114 g/mol. The highest BCUT2D eigenvalue weighted by Gasteiger charge is 1.99. The average Bonchev–Trinajstić information content (AvgIpc) is 1.90. The molecule has 0 saturated carbocycles. The van der Waals surface area contributed by atoms with Crippen molar-refractivity contribution in [1.29, 1.82) is 0 Å². The molecule has 1 heterocycles. The second kappa shape index (κ2) is 2.49. The quantitative estimate of drug-likeness (QED) is 0.553. The van der Waals surface area contributed by atoms with Crippen LogP contribution in [0.1, 0.15) is 6.92 Å². The lowest BCUT2D eigenvalue weighted by Crippen LogP contribution is -2.11. The van der Waals surface area contributed by atoms with Gasteiger partial charge in [-0.2, -0.15) is 0 Å². The van der Waals surface area contributed by atoms with Crippen molar-refractivity contribution in [2.75, 3.05) is 6.54 Å². The van der Waals surface area contributed by atoms with Crippen LogP contribution in [0.5, 0.6) is 0 Å². The number of hydrogen-bond donors (Lipinski definition) is 1. The van der Waals surface area contributed by atoms with Crippen LogP contribution < -0.4 is 5.32 Å². The van der Waals surface area contributed by atoms with Gasteiger partial charge in [-0.15, -0.1) is 0 Å². The monoisotopic (exact) mass is 123 g/mol. The fourth-order valence-corrected chi connectivity index (χ4v) is 0.715. The van der Waals surface area contributed by atoms with Crippen molar-refractivity contribution in [3.05, 3.63) is 23.9 Å². The Morgan fingerprint density at radius 1 is 1.78 bits per heavy atom. The second-order valence-electron chi connectivity index (χ2n) is 1.96. The van der Waals surface area contributed by atoms with Crippen molar-refractivity contribution in [3.63, 3.8) is 0 Å². The lowest BCUT2D eigenvalue weighted by atomic mass is 10.1. The molecule has 0 atom stereocenters. The van der Waals surface area contributed by atoms with Crippen molar-refractivity contribution in [2.45, 2.75) is 6.92 Å². The Labute approximate surface area is 54.3 Å². The first-order chi connectivity index (χ1) is 4.30. The third-order valence-corrected chi connectivity index (χ3v) is 1.23. The summed E-state index contributed by atoms with van der Waals surface area (Å²) in [6.07, 6.45) is 5.45. The Kier molecular flexibility index (Phi) is 1.68. The van der Waals surface area contributed by atoms with Gasteiger partial charge in [0.25, 0.3) is 0 Å². The molecule has 48 valence electrons. The molecule has 0 radical (unpaired) electrons. The smallest absolute Gasteiger partial charge is 0.159 e. The first-order valence-electron chi connectivity index (χ1n) is 2.92. The van der Waals surface area contributed by atoms with Gasteiger partial charge in [0.05, 0.1) is 0 Å². The summed E-state index contributed by atoms with van der Waals surface area (Å²) in [5, 5.41) is 2.96. The van der Waals surface area contributed by atoms with E-state index in [1.165, 1.54) is 0 Å². The summed E-state index contributed by atoms with van der Waals surface area (Å²) >= 11 is 0. The van der Waals surface area contributed by atoms with E-state index in [0.717, 1.165) is 12.1 Å². The van der Waals surface area contributed by atoms with Gasteiger partial charge in [0.15, 0.2) is 5.78 Å². The zero-order chi connectivity index (χ0) is 6.69. The van der Waals surface area contributed by atoms with E-state index >= 15 is 0 Å². The van der Waals surface area contributed by atoms with E-state index in [-0.39, 0.29) is 5.78 Å². The number of carbonyl (C=O) groups is 1. The topological polar surface area (TPSA) is 29.1 Å². The van der Waals surface area contributed by atoms with E-state index in [9.17, 15) is 4.79 Å². The van der Waals surface area contributed by atoms with Gasteiger partial charge in [0.2, 0.25) is 0 Å². The molecule has 0 aromatic heterocycles. The van der Waals surface area contributed by atoms with E-state index in [2.05, 4.69) is 5.32 Å². The predicted molar refractivity (Wildman–Crippen MR) is 35.9 cm³/mol. The first-order valence-corrected chi connectivity index (χ1v) is 2.92. The molecule has 0 amide bonds. The van der Waals surface area contributed by atoms with Gasteiger partial charge in [-0.3, -0.25) is 4.79 Å². The number of allylic oxidation sites excluding steroid dienone is 2. The molecular formula is C7H9NO. The van der Waals surface area contributed by atoms with Crippen LogP contribution in [-0.4, -0.2) is 12.3 Å². The Balaban J connectivity index is 2.69. The molecule has 2 heteroatoms. The molecule has 0 bridgehead atoms. The Morgan fingerprint density at radius 3 is 2.89 bits per heavy atom. The molecule has 0 spiro atoms. The summed E-state index contributed by atoms with van der Waals surface area (Å²) in [5.74, 6) is 0.132. The predicted octanol–water partition coefficient (Wildman–Crippen LogP) is 0.619. The summed E-state index contributed by atoms with van der Waals surface area (Å²) in [7, 11) is 0. The SMILES string of the molecule is CC(=O)C1=CCNC=C1. The summed E-state index contributed by atoms with van der Waals surface area (Å²) in [5.41, 5.74) is 0.800. The van der Waals surface area contributed by atoms with E-state index in [4.69, 9.17) is 0 Å². The molecule has 9 heavy (non-hydrogen) atoms. The van der Waals surface area contributed by atoms with Gasteiger partial charge in [-0.05, 0) is 19.2 Å². The Bertz CT molecular complexity index is 179. The number of rotatable bonds is 1. The van der Waals surface area contributed by atoms with E-state index in [1.807, 2.05) is 6.08 Å². The minimum Gasteiger partial charge on any atom is -0.387 e. The summed E-state index contributed by atoms with van der Waals surface area (Å²) in [6, 6.07) is 0. The van der Waals surface area contributed by atoms with Gasteiger partial charge in [-0.25, -0.2) is 0 Å². The molecule has 1 N–H and O–H groups in total. The van der Waals surface area contributed by atoms with Crippen molar-refractivity contribution >= 4 is 5.78 Å². The Morgan fingerprint density at radius 2 is 2.56 bits per heavy atom. The van der Waals surface area contributed by atoms with Gasteiger partial charge in [0, 0.05) is 12.1 Å². The van der Waals surface area contributed by atoms with Crippen molar-refractivity contribution < 1.29 is 4.79 Å². The molecule has 0 fully saturated rings. The molecule has 0 saturated heterocycles. The van der Waals surface area contributed by atoms with Gasteiger partial charge >= 0.3 is 0 Å². The van der Waals surface area contributed by atoms with Gasteiger partial charge < -0.3 is 5.32 Å². The lowest BCUT2D eigenvalue weighted by molar-refractivity contribution is -0.113. The molecule has 0 aromatic rings. The molecule has 2 nitrogen and oxygen atoms in total. The zero-order valence-electron chi connectivity index (χ0n) is 5.35. The molecule has 1 aliphatic heterocycles. The third kappa shape index (κ3) is 1.42. The van der Waals surface area contributed by atoms with Crippen LogP contribution in [0.25, 0.3) is 0 Å². The maximum atomic E-state index is 10.7. The Hall–Kier alpha value is -1.05. The summed E-state index contributed by atoms with van der Waals surface area (Å²) in [4.78, 5) is 10.7. The minimum atomic E-state index is 0.132. The van der Waals surface area contributed by atoms with Gasteiger partial charge in [0.1, 0.15) is 0 Å². The van der Waals surface area contributed by atoms with Crippen LogP contribution in [-0.2, 0) is 4.79 Å². The number of Topliss-reactive ketones (excluding diaryl/α,β-unsaturated/α-hetero) is 1. The number of nitrogens with one attached hydrogen (secondary N) is 1. The number of carbonyl (C=O) groups excluding carboxylic acids is 1. The fourth-order valence-electron chi connectivity index (χ4n) is 0.715. The second-order valence-corrected chi connectivity index (χ2v) is 1.96. The van der Waals surface area contributed by atoms with Crippen LogP contribution in [0.15, 0.2) is 23.9 Å². The standard InChI is InChI=1S/C7H9NO/c1-6(9)7-2-4-8-5-3-7/h2-4,8H,5H2,1H3. The highest BCUT2D eigenvalue weighted by Crippen LogP contribution is 1.99. The van der Waals surface area contributed by atoms with E-state index in [1.54, 1.807) is 19.2 Å². The minimum absolute atomic E-state index is 0.132. The average molecular weight is 123 g/mol. The molecule has 0 aliphatic carbocycles. The zero-order valence-corrected chi connectivity index (χ0v) is 5.35. The molecule has 0 unspecified atom stereocenters. The normalized spacial score (nSPS) is 16.3. The first kappa shape index (κ1) is 6.08. The summed E-state index contributed by atoms with van der Waals surface area (Å²) < 4.78 is 0. The number of dihydropyridines is 1. The van der Waals surface area contributed by atoms with Crippen molar-refractivity contribution in [1.82, 2.24) is 5.32 Å². The molecule has 1 rings (SSSR count). The lowest BCUT2D eigenvalue weighted by Gasteiger charge is -2.03. The van der Waals surface area contributed by atoms with E-state index in [0.29, 0.717) is 0 Å². The van der Waals surface area contributed by atoms with Crippen LogP contribution in [0, 0.1) is 0 Å². The third-order valence-electron chi connectivity index (χ3n) is 1.23. The van der Waals surface area contributed by atoms with Crippen LogP contribution in [0.3, 0.4) is 0 Å². The van der Waals surface area contributed by atoms with Crippen LogP contribution >= 0.6 is 0 Å². The highest BCUT2D eigenvalue weighted by molar-refractivity contribution is 5.96. The van der Waals surface area contributed by atoms with Crippen molar-refractivity contribution in [2.24, 2.45) is 0 Å². The summed E-state index contributed by atoms with van der Waals surface area (Å²) in [6.45, 7) is 2.34. The van der Waals surface area contributed by atoms with Crippen LogP contribution in [0.4, 0.5) is 0 Å². The maximum Gasteiger partial charge on any atom is 0.159 e. The number of ketones is 1. The van der Waals surface area contributed by atoms with Gasteiger partial charge in [-0.1, -0.05) is 6.08 Å². The molecule has 0 aromatic carbocycles.